The molecule has 0 aliphatic carbocycles. The number of ether oxygens (including phenoxy) is 2. The van der Waals surface area contributed by atoms with Gasteiger partial charge in [-0.1, -0.05) is 32.0 Å². The second-order valence-electron chi connectivity index (χ2n) is 8.20. The Morgan fingerprint density at radius 3 is 2.03 bits per heavy atom. The zero-order valence-electron chi connectivity index (χ0n) is 18.2. The third kappa shape index (κ3) is 7.13. The van der Waals surface area contributed by atoms with Crippen molar-refractivity contribution in [1.82, 2.24) is 9.97 Å². The molecule has 0 aliphatic rings. The number of nitrogens with zero attached hydrogens (tertiary/aromatic N) is 2. The predicted octanol–water partition coefficient (Wildman–Crippen LogP) is 6.13. The summed E-state index contributed by atoms with van der Waals surface area (Å²) in [6.45, 7) is 13.3. The van der Waals surface area contributed by atoms with Crippen LogP contribution in [0.25, 0.3) is 21.6 Å². The zero-order valence-corrected chi connectivity index (χ0v) is 19.0. The third-order valence-corrected chi connectivity index (χ3v) is 4.40. The first-order valence-electron chi connectivity index (χ1n) is 9.77. The standard InChI is InChI=1S/C15H14N2OS.C8H16O2/c1-10(2)18-15-14(13-8-5-9-19-13)16-11-6-3-4-7-12(11)17-15;1-6(2)7(9)10-8(3,4)5/h3-10H,1-2H3;6H,1-5H3. The van der Waals surface area contributed by atoms with Crippen LogP contribution in [0.2, 0.25) is 0 Å². The molecule has 3 rings (SSSR count). The molecule has 156 valence electrons. The monoisotopic (exact) mass is 414 g/mol. The molecule has 0 N–H and O–H groups in total. The Labute approximate surface area is 177 Å². The number of thiophene rings is 1. The molecule has 29 heavy (non-hydrogen) atoms. The third-order valence-electron chi connectivity index (χ3n) is 3.52. The highest BCUT2D eigenvalue weighted by Crippen LogP contribution is 2.32. The molecule has 3 aromatic rings. The van der Waals surface area contributed by atoms with Gasteiger partial charge in [0.2, 0.25) is 5.88 Å². The summed E-state index contributed by atoms with van der Waals surface area (Å²) in [5, 5.41) is 2.03. The number of para-hydroxylation sites is 2. The molecule has 1 aromatic carbocycles. The highest BCUT2D eigenvalue weighted by atomic mass is 32.1. The predicted molar refractivity (Wildman–Crippen MR) is 119 cm³/mol. The van der Waals surface area contributed by atoms with Crippen LogP contribution in [0.3, 0.4) is 0 Å². The van der Waals surface area contributed by atoms with Crippen LogP contribution in [0, 0.1) is 5.92 Å². The maximum absolute atomic E-state index is 10.9. The van der Waals surface area contributed by atoms with Gasteiger partial charge in [0.05, 0.1) is 27.9 Å². The van der Waals surface area contributed by atoms with Crippen molar-refractivity contribution in [3.8, 4) is 16.5 Å². The Bertz CT molecular complexity index is 929. The largest absolute Gasteiger partial charge is 0.473 e. The minimum Gasteiger partial charge on any atom is -0.473 e. The summed E-state index contributed by atoms with van der Waals surface area (Å²) in [6.07, 6.45) is 0.0779. The van der Waals surface area contributed by atoms with E-state index < -0.39 is 0 Å². The van der Waals surface area contributed by atoms with Crippen molar-refractivity contribution in [2.45, 2.75) is 60.2 Å². The van der Waals surface area contributed by atoms with Crippen molar-refractivity contribution < 1.29 is 14.3 Å². The first-order chi connectivity index (χ1) is 13.6. The fourth-order valence-electron chi connectivity index (χ4n) is 2.28. The number of esters is 1. The minimum absolute atomic E-state index is 0.0285. The highest BCUT2D eigenvalue weighted by molar-refractivity contribution is 7.13. The number of hydrogen-bond acceptors (Lipinski definition) is 6. The number of fused-ring (bicyclic) bond motifs is 1. The molecule has 0 spiro atoms. The van der Waals surface area contributed by atoms with Crippen molar-refractivity contribution in [3.63, 3.8) is 0 Å². The first-order valence-corrected chi connectivity index (χ1v) is 10.6. The van der Waals surface area contributed by atoms with Crippen LogP contribution in [0.1, 0.15) is 48.5 Å². The first kappa shape index (κ1) is 22.8. The van der Waals surface area contributed by atoms with Crippen LogP contribution in [0.4, 0.5) is 0 Å². The molecule has 0 unspecified atom stereocenters. The lowest BCUT2D eigenvalue weighted by molar-refractivity contribution is -0.158. The Morgan fingerprint density at radius 2 is 1.59 bits per heavy atom. The van der Waals surface area contributed by atoms with Gasteiger partial charge in [0.15, 0.2) is 0 Å². The van der Waals surface area contributed by atoms with E-state index in [4.69, 9.17) is 14.5 Å². The highest BCUT2D eigenvalue weighted by Gasteiger charge is 2.18. The average Bonchev–Trinajstić information content (AvgIpc) is 3.14. The lowest BCUT2D eigenvalue weighted by atomic mass is 10.1. The number of carbonyl (C=O) groups excluding carboxylic acids is 1. The van der Waals surface area contributed by atoms with E-state index in [0.29, 0.717) is 5.88 Å². The van der Waals surface area contributed by atoms with Crippen LogP contribution in [-0.4, -0.2) is 27.6 Å². The summed E-state index contributed by atoms with van der Waals surface area (Å²) < 4.78 is 10.9. The number of benzene rings is 1. The van der Waals surface area contributed by atoms with Crippen LogP contribution in [-0.2, 0) is 9.53 Å². The molecular formula is C23H30N2O3S. The molecular weight excluding hydrogens is 384 g/mol. The van der Waals surface area contributed by atoms with E-state index in [1.807, 2.05) is 90.2 Å². The molecule has 0 amide bonds. The van der Waals surface area contributed by atoms with E-state index in [1.165, 1.54) is 0 Å². The quantitative estimate of drug-likeness (QED) is 0.481. The van der Waals surface area contributed by atoms with E-state index in [1.54, 1.807) is 11.3 Å². The van der Waals surface area contributed by atoms with Crippen LogP contribution < -0.4 is 4.74 Å². The second kappa shape index (κ2) is 9.83. The number of rotatable bonds is 4. The van der Waals surface area contributed by atoms with E-state index in [9.17, 15) is 4.79 Å². The maximum atomic E-state index is 10.9. The molecule has 0 saturated heterocycles. The summed E-state index contributed by atoms with van der Waals surface area (Å²) in [5.41, 5.74) is 2.23. The van der Waals surface area contributed by atoms with Gasteiger partial charge in [-0.25, -0.2) is 9.97 Å². The summed E-state index contributed by atoms with van der Waals surface area (Å²) in [7, 11) is 0. The topological polar surface area (TPSA) is 61.3 Å². The van der Waals surface area contributed by atoms with Crippen molar-refractivity contribution >= 4 is 28.3 Å². The molecule has 0 saturated carbocycles. The normalized spacial score (nSPS) is 11.3. The Morgan fingerprint density at radius 1 is 0.966 bits per heavy atom. The lowest BCUT2D eigenvalue weighted by Gasteiger charge is -2.20. The van der Waals surface area contributed by atoms with Crippen LogP contribution in [0.5, 0.6) is 5.88 Å². The Kier molecular flexibility index (Phi) is 7.73. The number of hydrogen-bond donors (Lipinski definition) is 0. The van der Waals surface area contributed by atoms with Crippen molar-refractivity contribution in [1.29, 1.82) is 0 Å². The fraction of sp³-hybridized carbons (Fsp3) is 0.435. The van der Waals surface area contributed by atoms with Gasteiger partial charge < -0.3 is 9.47 Å². The average molecular weight is 415 g/mol. The molecule has 6 heteroatoms. The van der Waals surface area contributed by atoms with Crippen molar-refractivity contribution in [2.24, 2.45) is 5.92 Å². The molecule has 0 fully saturated rings. The van der Waals surface area contributed by atoms with Gasteiger partial charge in [-0.3, -0.25) is 4.79 Å². The molecule has 0 bridgehead atoms. The fourth-order valence-corrected chi connectivity index (χ4v) is 2.99. The maximum Gasteiger partial charge on any atom is 0.308 e. The van der Waals surface area contributed by atoms with Gasteiger partial charge in [0, 0.05) is 0 Å². The van der Waals surface area contributed by atoms with Gasteiger partial charge >= 0.3 is 5.97 Å². The van der Waals surface area contributed by atoms with E-state index in [2.05, 4.69) is 4.98 Å². The smallest absolute Gasteiger partial charge is 0.308 e. The Balaban J connectivity index is 0.000000257. The SMILES string of the molecule is CC(C)C(=O)OC(C)(C)C.CC(C)Oc1nc2ccccc2nc1-c1cccs1. The number of aromatic nitrogens is 2. The summed E-state index contributed by atoms with van der Waals surface area (Å²) in [5.74, 6) is 0.447. The van der Waals surface area contributed by atoms with Crippen LogP contribution >= 0.6 is 11.3 Å². The summed E-state index contributed by atoms with van der Waals surface area (Å²) in [4.78, 5) is 21.3. The van der Waals surface area contributed by atoms with E-state index >= 15 is 0 Å². The zero-order chi connectivity index (χ0) is 21.6. The van der Waals surface area contributed by atoms with Gasteiger partial charge in [0.25, 0.3) is 0 Å². The van der Waals surface area contributed by atoms with E-state index in [-0.39, 0.29) is 23.6 Å². The van der Waals surface area contributed by atoms with Crippen molar-refractivity contribution in [2.75, 3.05) is 0 Å². The van der Waals surface area contributed by atoms with Gasteiger partial charge in [-0.2, -0.15) is 0 Å². The van der Waals surface area contributed by atoms with Crippen molar-refractivity contribution in [3.05, 3.63) is 41.8 Å². The van der Waals surface area contributed by atoms with Crippen LogP contribution in [0.15, 0.2) is 41.8 Å². The molecule has 0 atom stereocenters. The molecule has 0 radical (unpaired) electrons. The minimum atomic E-state index is -0.346. The van der Waals surface area contributed by atoms with Gasteiger partial charge in [0.1, 0.15) is 11.3 Å². The molecule has 2 heterocycles. The lowest BCUT2D eigenvalue weighted by Crippen LogP contribution is -2.26. The molecule has 0 aliphatic heterocycles. The Hall–Kier alpha value is -2.47. The summed E-state index contributed by atoms with van der Waals surface area (Å²) >= 11 is 1.64. The molecule has 5 nitrogen and oxygen atoms in total. The van der Waals surface area contributed by atoms with Gasteiger partial charge in [-0.15, -0.1) is 11.3 Å². The molecule has 2 aromatic heterocycles. The van der Waals surface area contributed by atoms with E-state index in [0.717, 1.165) is 21.6 Å². The summed E-state index contributed by atoms with van der Waals surface area (Å²) in [6, 6.07) is 11.9. The number of carbonyl (C=O) groups is 1. The van der Waals surface area contributed by atoms with Gasteiger partial charge in [-0.05, 0) is 58.2 Å². The second-order valence-corrected chi connectivity index (χ2v) is 9.15.